The number of hydrogen-bond donors (Lipinski definition) is 1. The summed E-state index contributed by atoms with van der Waals surface area (Å²) < 4.78 is 1.06. The van der Waals surface area contributed by atoms with Crippen molar-refractivity contribution in [1.82, 2.24) is 4.90 Å². The lowest BCUT2D eigenvalue weighted by atomic mass is 9.91. The lowest BCUT2D eigenvalue weighted by Gasteiger charge is -2.15. The van der Waals surface area contributed by atoms with E-state index in [4.69, 9.17) is 11.6 Å². The number of aromatic hydroxyl groups is 1. The minimum absolute atomic E-state index is 0.286. The molecule has 2 nitrogen and oxygen atoms in total. The zero-order valence-corrected chi connectivity index (χ0v) is 23.0. The third-order valence-corrected chi connectivity index (χ3v) is 8.87. The Labute approximate surface area is 223 Å². The van der Waals surface area contributed by atoms with Gasteiger partial charge in [0.25, 0.3) is 0 Å². The lowest BCUT2D eigenvalue weighted by Crippen LogP contribution is -2.21. The minimum atomic E-state index is 0.286. The Morgan fingerprint density at radius 2 is 1.81 bits per heavy atom. The first-order valence-electron chi connectivity index (χ1n) is 12.8. The Balaban J connectivity index is 1.46. The number of rotatable bonds is 7. The van der Waals surface area contributed by atoms with Crippen LogP contribution < -0.4 is 0 Å². The fourth-order valence-corrected chi connectivity index (χ4v) is 7.22. The number of nitrogens with zero attached hydrogens (tertiary/aromatic N) is 1. The van der Waals surface area contributed by atoms with Crippen molar-refractivity contribution < 1.29 is 5.11 Å². The highest BCUT2D eigenvalue weighted by atomic mass is 35.5. The second-order valence-corrected chi connectivity index (χ2v) is 11.9. The molecule has 1 aromatic heterocycles. The number of phenolic OH excluding ortho intramolecular Hbond substituents is 1. The summed E-state index contributed by atoms with van der Waals surface area (Å²) in [5.74, 6) is 1.13. The van der Waals surface area contributed by atoms with Crippen molar-refractivity contribution >= 4 is 38.6 Å². The van der Waals surface area contributed by atoms with Gasteiger partial charge in [-0.15, -0.1) is 11.3 Å². The Bertz CT molecular complexity index is 1400. The van der Waals surface area contributed by atoms with Gasteiger partial charge in [0.15, 0.2) is 0 Å². The third kappa shape index (κ3) is 5.11. The second kappa shape index (κ2) is 10.4. The van der Waals surface area contributed by atoms with Gasteiger partial charge in [-0.1, -0.05) is 49.4 Å². The molecule has 3 aromatic carbocycles. The maximum Gasteiger partial charge on any atom is 0.117 e. The van der Waals surface area contributed by atoms with E-state index in [1.165, 1.54) is 49.2 Å². The van der Waals surface area contributed by atoms with Gasteiger partial charge in [0.05, 0.1) is 0 Å². The van der Waals surface area contributed by atoms with Crippen LogP contribution in [0.2, 0.25) is 5.02 Å². The summed E-state index contributed by atoms with van der Waals surface area (Å²) >= 11 is 8.01. The Kier molecular flexibility index (Phi) is 7.25. The highest BCUT2D eigenvalue weighted by Crippen LogP contribution is 2.45. The molecule has 5 rings (SSSR count). The average molecular weight is 516 g/mol. The molecule has 186 valence electrons. The molecule has 0 aliphatic carbocycles. The summed E-state index contributed by atoms with van der Waals surface area (Å²) in [6.45, 7) is 14.8. The van der Waals surface area contributed by atoms with E-state index in [-0.39, 0.29) is 5.75 Å². The van der Waals surface area contributed by atoms with E-state index in [1.807, 2.05) is 24.3 Å². The van der Waals surface area contributed by atoms with Crippen LogP contribution in [0, 0.1) is 19.8 Å². The number of thiophene rings is 1. The van der Waals surface area contributed by atoms with Crippen LogP contribution in [-0.2, 0) is 6.42 Å². The highest BCUT2D eigenvalue weighted by Gasteiger charge is 2.21. The van der Waals surface area contributed by atoms with E-state index >= 15 is 0 Å². The first kappa shape index (κ1) is 25.1. The smallest absolute Gasteiger partial charge is 0.117 e. The molecule has 36 heavy (non-hydrogen) atoms. The fraction of sp³-hybridized carbons (Fsp3) is 0.312. The second-order valence-electron chi connectivity index (χ2n) is 10.4. The molecule has 0 amide bonds. The van der Waals surface area contributed by atoms with Crippen LogP contribution in [0.5, 0.6) is 5.75 Å². The fourth-order valence-electron chi connectivity index (χ4n) is 5.66. The summed E-state index contributed by atoms with van der Waals surface area (Å²) in [6, 6.07) is 18.7. The third-order valence-electron chi connectivity index (χ3n) is 7.44. The molecule has 0 bridgehead atoms. The topological polar surface area (TPSA) is 23.5 Å². The first-order chi connectivity index (χ1) is 17.3. The van der Waals surface area contributed by atoms with Gasteiger partial charge in [-0.3, -0.25) is 0 Å². The normalized spacial score (nSPS) is 16.2. The molecule has 1 fully saturated rings. The molecule has 1 N–H and O–H groups in total. The molecular formula is C32H34ClNOS. The van der Waals surface area contributed by atoms with Crippen molar-refractivity contribution in [1.29, 1.82) is 0 Å². The van der Waals surface area contributed by atoms with Gasteiger partial charge < -0.3 is 10.0 Å². The summed E-state index contributed by atoms with van der Waals surface area (Å²) in [4.78, 5) is 3.74. The van der Waals surface area contributed by atoms with E-state index in [0.717, 1.165) is 54.6 Å². The van der Waals surface area contributed by atoms with Crippen molar-refractivity contribution in [3.05, 3.63) is 93.3 Å². The van der Waals surface area contributed by atoms with Crippen molar-refractivity contribution in [2.45, 2.75) is 40.0 Å². The van der Waals surface area contributed by atoms with Crippen LogP contribution in [0.25, 0.3) is 26.8 Å². The molecule has 2 heterocycles. The molecular weight excluding hydrogens is 482 g/mol. The molecule has 1 aliphatic rings. The zero-order chi connectivity index (χ0) is 25.4. The standard InChI is InChI=1S/C32H34ClNOS/c1-20-13-15-34(19-20)14-5-6-24-7-9-25(10-8-24)31-28-12-11-27(35)18-29(28)36-32(31)23(4)30-21(2)16-26(33)17-22(30)3/h7-12,16-18,20,35H,4-6,13-15,19H2,1-3H3. The van der Waals surface area contributed by atoms with E-state index in [2.05, 4.69) is 56.5 Å². The van der Waals surface area contributed by atoms with Crippen LogP contribution in [0.3, 0.4) is 0 Å². The minimum Gasteiger partial charge on any atom is -0.508 e. The number of likely N-dealkylation sites (tertiary alicyclic amines) is 1. The number of hydrogen-bond acceptors (Lipinski definition) is 3. The molecule has 1 unspecified atom stereocenters. The maximum atomic E-state index is 10.2. The van der Waals surface area contributed by atoms with Gasteiger partial charge in [-0.2, -0.15) is 0 Å². The Morgan fingerprint density at radius 1 is 1.08 bits per heavy atom. The van der Waals surface area contributed by atoms with Crippen LogP contribution >= 0.6 is 22.9 Å². The summed E-state index contributed by atoms with van der Waals surface area (Å²) in [5, 5.41) is 12.0. The Morgan fingerprint density at radius 3 is 2.47 bits per heavy atom. The molecule has 0 radical (unpaired) electrons. The lowest BCUT2D eigenvalue weighted by molar-refractivity contribution is 0.323. The number of fused-ring (bicyclic) bond motifs is 1. The van der Waals surface area contributed by atoms with Crippen LogP contribution in [0.1, 0.15) is 46.9 Å². The first-order valence-corrected chi connectivity index (χ1v) is 14.0. The Hall–Kier alpha value is -2.59. The van der Waals surface area contributed by atoms with Gasteiger partial charge in [0, 0.05) is 32.1 Å². The van der Waals surface area contributed by atoms with Crippen molar-refractivity contribution in [2.24, 2.45) is 5.92 Å². The van der Waals surface area contributed by atoms with Crippen LogP contribution in [0.15, 0.2) is 61.2 Å². The molecule has 4 aromatic rings. The molecule has 0 spiro atoms. The van der Waals surface area contributed by atoms with Gasteiger partial charge >= 0.3 is 0 Å². The molecule has 1 saturated heterocycles. The van der Waals surface area contributed by atoms with Gasteiger partial charge in [-0.05, 0) is 116 Å². The summed E-state index contributed by atoms with van der Waals surface area (Å²) in [6.07, 6.45) is 3.64. The average Bonchev–Trinajstić information content (AvgIpc) is 3.41. The number of phenols is 1. The largest absolute Gasteiger partial charge is 0.508 e. The molecule has 0 saturated carbocycles. The van der Waals surface area contributed by atoms with E-state index in [0.29, 0.717) is 0 Å². The monoisotopic (exact) mass is 515 g/mol. The predicted molar refractivity (Wildman–Crippen MR) is 157 cm³/mol. The van der Waals surface area contributed by atoms with Crippen molar-refractivity contribution in [2.75, 3.05) is 19.6 Å². The maximum absolute atomic E-state index is 10.2. The number of halogens is 1. The van der Waals surface area contributed by atoms with Gasteiger partial charge in [0.2, 0.25) is 0 Å². The SMILES string of the molecule is C=C(c1sc2cc(O)ccc2c1-c1ccc(CCCN2CCC(C)C2)cc1)c1c(C)cc(Cl)cc1C. The van der Waals surface area contributed by atoms with E-state index in [1.54, 1.807) is 17.4 Å². The number of benzene rings is 3. The van der Waals surface area contributed by atoms with Crippen LogP contribution in [-0.4, -0.2) is 29.6 Å². The van der Waals surface area contributed by atoms with Crippen molar-refractivity contribution in [3.8, 4) is 16.9 Å². The molecule has 4 heteroatoms. The van der Waals surface area contributed by atoms with Crippen LogP contribution in [0.4, 0.5) is 0 Å². The summed E-state index contributed by atoms with van der Waals surface area (Å²) in [5.41, 5.74) is 8.15. The van der Waals surface area contributed by atoms with E-state index in [9.17, 15) is 5.11 Å². The quantitative estimate of drug-likeness (QED) is 0.265. The summed E-state index contributed by atoms with van der Waals surface area (Å²) in [7, 11) is 0. The van der Waals surface area contributed by atoms with Gasteiger partial charge in [0.1, 0.15) is 5.75 Å². The number of aryl methyl sites for hydroxylation is 3. The molecule has 1 aliphatic heterocycles. The highest BCUT2D eigenvalue weighted by molar-refractivity contribution is 7.20. The zero-order valence-electron chi connectivity index (χ0n) is 21.4. The van der Waals surface area contributed by atoms with Gasteiger partial charge in [-0.25, -0.2) is 0 Å². The predicted octanol–water partition coefficient (Wildman–Crippen LogP) is 8.88. The van der Waals surface area contributed by atoms with Crippen molar-refractivity contribution in [3.63, 3.8) is 0 Å². The molecule has 1 atom stereocenters. The van der Waals surface area contributed by atoms with E-state index < -0.39 is 0 Å².